The lowest BCUT2D eigenvalue weighted by molar-refractivity contribution is 0.346. The highest BCUT2D eigenvalue weighted by Crippen LogP contribution is 2.05. The summed E-state index contributed by atoms with van der Waals surface area (Å²) in [5.41, 5.74) is 1.98. The maximum absolute atomic E-state index is 8.60. The third-order valence-electron chi connectivity index (χ3n) is 2.08. The molecule has 1 aromatic carbocycles. The predicted molar refractivity (Wildman–Crippen MR) is 53.2 cm³/mol. The van der Waals surface area contributed by atoms with Gasteiger partial charge in [0.25, 0.3) is 0 Å². The zero-order chi connectivity index (χ0) is 9.68. The highest BCUT2D eigenvalue weighted by atomic mass is 15.1. The molecule has 0 unspecified atom stereocenters. The van der Waals surface area contributed by atoms with Gasteiger partial charge >= 0.3 is 0 Å². The van der Waals surface area contributed by atoms with Gasteiger partial charge in [-0.25, -0.2) is 0 Å². The monoisotopic (exact) mass is 174 g/mol. The molecule has 0 radical (unpaired) electrons. The molecule has 2 nitrogen and oxygen atoms in total. The maximum Gasteiger partial charge on any atom is 0.0991 e. The van der Waals surface area contributed by atoms with Crippen LogP contribution in [0.4, 0.5) is 0 Å². The lowest BCUT2D eigenvalue weighted by Crippen LogP contribution is -2.16. The van der Waals surface area contributed by atoms with Crippen molar-refractivity contribution in [2.75, 3.05) is 13.6 Å². The van der Waals surface area contributed by atoms with Crippen molar-refractivity contribution in [1.82, 2.24) is 4.90 Å². The van der Waals surface area contributed by atoms with Crippen LogP contribution < -0.4 is 0 Å². The topological polar surface area (TPSA) is 27.0 Å². The van der Waals surface area contributed by atoms with Gasteiger partial charge in [-0.3, -0.25) is 0 Å². The van der Waals surface area contributed by atoms with Crippen molar-refractivity contribution < 1.29 is 0 Å². The van der Waals surface area contributed by atoms with E-state index in [-0.39, 0.29) is 0 Å². The number of nitriles is 1. The molecule has 0 amide bonds. The van der Waals surface area contributed by atoms with Crippen LogP contribution in [0.3, 0.4) is 0 Å². The molecular formula is C11H14N2. The average Bonchev–Trinajstić information content (AvgIpc) is 2.19. The number of rotatable bonds is 3. The Balaban J connectivity index is 2.65. The van der Waals surface area contributed by atoms with Gasteiger partial charge in [0.2, 0.25) is 0 Å². The van der Waals surface area contributed by atoms with Crippen molar-refractivity contribution in [1.29, 1.82) is 5.26 Å². The third kappa shape index (κ3) is 2.89. The Morgan fingerprint density at radius 3 is 2.38 bits per heavy atom. The fourth-order valence-electron chi connectivity index (χ4n) is 1.11. The first-order valence-corrected chi connectivity index (χ1v) is 4.44. The molecule has 0 saturated heterocycles. The number of nitrogens with zero attached hydrogens (tertiary/aromatic N) is 2. The minimum absolute atomic E-state index is 0.725. The van der Waals surface area contributed by atoms with Crippen LogP contribution in [-0.2, 0) is 6.54 Å². The number of hydrogen-bond donors (Lipinski definition) is 0. The van der Waals surface area contributed by atoms with E-state index >= 15 is 0 Å². The minimum atomic E-state index is 0.725. The van der Waals surface area contributed by atoms with Crippen molar-refractivity contribution in [3.63, 3.8) is 0 Å². The largest absolute Gasteiger partial charge is 0.302 e. The molecule has 0 aliphatic carbocycles. The highest BCUT2D eigenvalue weighted by Gasteiger charge is 1.97. The summed E-state index contributed by atoms with van der Waals surface area (Å²) in [7, 11) is 2.08. The zero-order valence-corrected chi connectivity index (χ0v) is 8.12. The van der Waals surface area contributed by atoms with Crippen molar-refractivity contribution in [2.45, 2.75) is 13.5 Å². The van der Waals surface area contributed by atoms with Gasteiger partial charge in [0.05, 0.1) is 11.6 Å². The lowest BCUT2D eigenvalue weighted by Gasteiger charge is -2.13. The van der Waals surface area contributed by atoms with Gasteiger partial charge in [-0.05, 0) is 31.3 Å². The molecule has 0 N–H and O–H groups in total. The highest BCUT2D eigenvalue weighted by molar-refractivity contribution is 5.31. The van der Waals surface area contributed by atoms with Gasteiger partial charge in [0.1, 0.15) is 0 Å². The van der Waals surface area contributed by atoms with Gasteiger partial charge in [-0.1, -0.05) is 19.1 Å². The van der Waals surface area contributed by atoms with Gasteiger partial charge in [-0.15, -0.1) is 0 Å². The van der Waals surface area contributed by atoms with E-state index in [9.17, 15) is 0 Å². The van der Waals surface area contributed by atoms with Crippen LogP contribution in [0.5, 0.6) is 0 Å². The van der Waals surface area contributed by atoms with E-state index < -0.39 is 0 Å². The maximum atomic E-state index is 8.60. The summed E-state index contributed by atoms with van der Waals surface area (Å²) in [5, 5.41) is 8.60. The first-order valence-electron chi connectivity index (χ1n) is 4.44. The Morgan fingerprint density at radius 2 is 1.92 bits per heavy atom. The summed E-state index contributed by atoms with van der Waals surface area (Å²) < 4.78 is 0. The normalized spacial score (nSPS) is 10.0. The number of benzene rings is 1. The first kappa shape index (κ1) is 9.76. The molecule has 68 valence electrons. The summed E-state index contributed by atoms with van der Waals surface area (Å²) in [6, 6.07) is 9.84. The standard InChI is InChI=1S/C11H14N2/c1-3-13(2)9-11-6-4-10(8-12)5-7-11/h4-7H,3,9H2,1-2H3. The molecule has 1 rings (SSSR count). The van der Waals surface area contributed by atoms with Crippen LogP contribution in [-0.4, -0.2) is 18.5 Å². The molecule has 13 heavy (non-hydrogen) atoms. The molecule has 1 aromatic rings. The summed E-state index contributed by atoms with van der Waals surface area (Å²) in [6.07, 6.45) is 0. The second-order valence-corrected chi connectivity index (χ2v) is 3.14. The van der Waals surface area contributed by atoms with E-state index in [2.05, 4.69) is 24.9 Å². The van der Waals surface area contributed by atoms with E-state index in [1.165, 1.54) is 5.56 Å². The van der Waals surface area contributed by atoms with Crippen molar-refractivity contribution in [3.05, 3.63) is 35.4 Å². The first-order chi connectivity index (χ1) is 6.26. The van der Waals surface area contributed by atoms with Crippen LogP contribution in [0.2, 0.25) is 0 Å². The molecule has 0 aliphatic heterocycles. The molecule has 0 aromatic heterocycles. The summed E-state index contributed by atoms with van der Waals surface area (Å²) in [6.45, 7) is 4.12. The van der Waals surface area contributed by atoms with Crippen molar-refractivity contribution in [3.8, 4) is 6.07 Å². The fourth-order valence-corrected chi connectivity index (χ4v) is 1.11. The smallest absolute Gasteiger partial charge is 0.0991 e. The molecule has 0 aliphatic rings. The van der Waals surface area contributed by atoms with Crippen molar-refractivity contribution >= 4 is 0 Å². The van der Waals surface area contributed by atoms with E-state index in [0.717, 1.165) is 18.7 Å². The second-order valence-electron chi connectivity index (χ2n) is 3.14. The van der Waals surface area contributed by atoms with Crippen LogP contribution in [0, 0.1) is 11.3 Å². The number of hydrogen-bond acceptors (Lipinski definition) is 2. The minimum Gasteiger partial charge on any atom is -0.302 e. The lowest BCUT2D eigenvalue weighted by atomic mass is 10.1. The Hall–Kier alpha value is -1.33. The van der Waals surface area contributed by atoms with Gasteiger partial charge in [0, 0.05) is 6.54 Å². The van der Waals surface area contributed by atoms with Gasteiger partial charge < -0.3 is 4.90 Å². The Bertz CT molecular complexity index is 295. The fraction of sp³-hybridized carbons (Fsp3) is 0.364. The Labute approximate surface area is 79.4 Å². The Morgan fingerprint density at radius 1 is 1.31 bits per heavy atom. The molecule has 0 spiro atoms. The Kier molecular flexibility index (Phi) is 3.48. The van der Waals surface area contributed by atoms with Gasteiger partial charge in [0.15, 0.2) is 0 Å². The molecule has 0 atom stereocenters. The molecular weight excluding hydrogens is 160 g/mol. The predicted octanol–water partition coefficient (Wildman–Crippen LogP) is 2.01. The average molecular weight is 174 g/mol. The van der Waals surface area contributed by atoms with Crippen LogP contribution in [0.25, 0.3) is 0 Å². The summed E-state index contributed by atoms with van der Waals surface area (Å²) in [5.74, 6) is 0. The SMILES string of the molecule is CCN(C)Cc1ccc(C#N)cc1. The van der Waals surface area contributed by atoms with Gasteiger partial charge in [-0.2, -0.15) is 5.26 Å². The van der Waals surface area contributed by atoms with Crippen LogP contribution in [0.1, 0.15) is 18.1 Å². The molecule has 2 heteroatoms. The quantitative estimate of drug-likeness (QED) is 0.701. The van der Waals surface area contributed by atoms with Crippen LogP contribution >= 0.6 is 0 Å². The van der Waals surface area contributed by atoms with E-state index in [1.54, 1.807) is 0 Å². The van der Waals surface area contributed by atoms with Crippen LogP contribution in [0.15, 0.2) is 24.3 Å². The van der Waals surface area contributed by atoms with E-state index in [1.807, 2.05) is 24.3 Å². The molecule has 0 fully saturated rings. The third-order valence-corrected chi connectivity index (χ3v) is 2.08. The second kappa shape index (κ2) is 4.64. The molecule has 0 heterocycles. The van der Waals surface area contributed by atoms with E-state index in [4.69, 9.17) is 5.26 Å². The summed E-state index contributed by atoms with van der Waals surface area (Å²) in [4.78, 5) is 2.22. The zero-order valence-electron chi connectivity index (χ0n) is 8.12. The van der Waals surface area contributed by atoms with Crippen molar-refractivity contribution in [2.24, 2.45) is 0 Å². The van der Waals surface area contributed by atoms with E-state index in [0.29, 0.717) is 0 Å². The summed E-state index contributed by atoms with van der Waals surface area (Å²) >= 11 is 0. The molecule has 0 bridgehead atoms. The molecule has 0 saturated carbocycles.